The molecule has 0 aliphatic carbocycles. The fourth-order valence-electron chi connectivity index (χ4n) is 2.44. The van der Waals surface area contributed by atoms with E-state index < -0.39 is 6.10 Å². The van der Waals surface area contributed by atoms with Crippen LogP contribution in [0.3, 0.4) is 0 Å². The molecule has 5 heteroatoms. The molecule has 0 aliphatic rings. The third kappa shape index (κ3) is 5.62. The summed E-state index contributed by atoms with van der Waals surface area (Å²) in [7, 11) is 0. The molecule has 2 rings (SSSR count). The van der Waals surface area contributed by atoms with Gasteiger partial charge in [-0.15, -0.1) is 0 Å². The van der Waals surface area contributed by atoms with Gasteiger partial charge in [-0.2, -0.15) is 0 Å². The minimum Gasteiger partial charge on any atom is -0.481 e. The Balaban J connectivity index is 2.03. The number of aryl methyl sites for hydroxylation is 1. The summed E-state index contributed by atoms with van der Waals surface area (Å²) in [5.41, 5.74) is 1.98. The van der Waals surface area contributed by atoms with E-state index in [0.717, 1.165) is 18.4 Å². The molecule has 138 valence electrons. The molecule has 2 aromatic rings. The van der Waals surface area contributed by atoms with E-state index in [1.54, 1.807) is 31.2 Å². The average molecular weight is 354 g/mol. The van der Waals surface area contributed by atoms with E-state index in [1.807, 2.05) is 31.2 Å². The molecule has 0 saturated carbocycles. The van der Waals surface area contributed by atoms with Gasteiger partial charge >= 0.3 is 0 Å². The fraction of sp³-hybridized carbons (Fsp3) is 0.333. The van der Waals surface area contributed by atoms with Crippen molar-refractivity contribution in [2.45, 2.75) is 39.7 Å². The van der Waals surface area contributed by atoms with Crippen molar-refractivity contribution >= 4 is 17.5 Å². The number of carbonyl (C=O) groups excluding carboxylic acids is 2. The molecule has 26 heavy (non-hydrogen) atoms. The number of para-hydroxylation sites is 1. The van der Waals surface area contributed by atoms with E-state index >= 15 is 0 Å². The molecule has 0 fully saturated rings. The van der Waals surface area contributed by atoms with Crippen LogP contribution in [0.25, 0.3) is 0 Å². The number of nitrogens with one attached hydrogen (secondary N) is 2. The Morgan fingerprint density at radius 3 is 2.62 bits per heavy atom. The van der Waals surface area contributed by atoms with Crippen LogP contribution in [-0.2, 0) is 4.79 Å². The van der Waals surface area contributed by atoms with E-state index in [0.29, 0.717) is 23.5 Å². The predicted octanol–water partition coefficient (Wildman–Crippen LogP) is 3.93. The highest BCUT2D eigenvalue weighted by Crippen LogP contribution is 2.18. The van der Waals surface area contributed by atoms with Gasteiger partial charge in [0.15, 0.2) is 6.10 Å². The van der Waals surface area contributed by atoms with Crippen LogP contribution < -0.4 is 15.4 Å². The van der Waals surface area contributed by atoms with Crippen molar-refractivity contribution in [1.82, 2.24) is 5.32 Å². The van der Waals surface area contributed by atoms with Crippen molar-refractivity contribution < 1.29 is 14.3 Å². The summed E-state index contributed by atoms with van der Waals surface area (Å²) >= 11 is 0. The highest BCUT2D eigenvalue weighted by Gasteiger charge is 2.18. The van der Waals surface area contributed by atoms with Crippen molar-refractivity contribution in [3.8, 4) is 5.75 Å². The second-order valence-electron chi connectivity index (χ2n) is 6.22. The maximum atomic E-state index is 12.5. The Bertz CT molecular complexity index is 758. The van der Waals surface area contributed by atoms with Crippen molar-refractivity contribution in [1.29, 1.82) is 0 Å². The van der Waals surface area contributed by atoms with Gasteiger partial charge in [0, 0.05) is 6.54 Å². The molecule has 2 aromatic carbocycles. The van der Waals surface area contributed by atoms with E-state index in [-0.39, 0.29) is 11.8 Å². The number of hydrogen-bond acceptors (Lipinski definition) is 3. The molecule has 0 aliphatic heterocycles. The van der Waals surface area contributed by atoms with Crippen molar-refractivity contribution in [3.05, 3.63) is 59.7 Å². The minimum absolute atomic E-state index is 0.193. The third-order valence-electron chi connectivity index (χ3n) is 3.92. The molecule has 0 spiro atoms. The summed E-state index contributed by atoms with van der Waals surface area (Å²) in [6, 6.07) is 14.5. The molecule has 2 N–H and O–H groups in total. The second kappa shape index (κ2) is 9.61. The first-order valence-corrected chi connectivity index (χ1v) is 8.92. The second-order valence-corrected chi connectivity index (χ2v) is 6.22. The largest absolute Gasteiger partial charge is 0.481 e. The van der Waals surface area contributed by atoms with E-state index in [4.69, 9.17) is 4.74 Å². The van der Waals surface area contributed by atoms with Gasteiger partial charge in [0.2, 0.25) is 0 Å². The number of benzene rings is 2. The van der Waals surface area contributed by atoms with Crippen LogP contribution in [0.5, 0.6) is 5.75 Å². The minimum atomic E-state index is -0.687. The summed E-state index contributed by atoms with van der Waals surface area (Å²) in [5.74, 6) is 0.139. The number of hydrogen-bond donors (Lipinski definition) is 2. The molecule has 0 bridgehead atoms. The number of ether oxygens (including phenoxy) is 1. The maximum absolute atomic E-state index is 12.5. The lowest BCUT2D eigenvalue weighted by molar-refractivity contribution is -0.122. The molecular weight excluding hydrogens is 328 g/mol. The molecule has 0 heterocycles. The summed E-state index contributed by atoms with van der Waals surface area (Å²) in [4.78, 5) is 24.8. The quantitative estimate of drug-likeness (QED) is 0.706. The smallest absolute Gasteiger partial charge is 0.265 e. The summed E-state index contributed by atoms with van der Waals surface area (Å²) in [5, 5.41) is 5.66. The Morgan fingerprint density at radius 2 is 1.88 bits per heavy atom. The summed E-state index contributed by atoms with van der Waals surface area (Å²) in [6.07, 6.45) is 1.24. The van der Waals surface area contributed by atoms with Crippen LogP contribution in [0.2, 0.25) is 0 Å². The summed E-state index contributed by atoms with van der Waals surface area (Å²) < 4.78 is 5.70. The number of amides is 2. The van der Waals surface area contributed by atoms with Gasteiger partial charge in [-0.25, -0.2) is 0 Å². The zero-order valence-corrected chi connectivity index (χ0v) is 15.5. The van der Waals surface area contributed by atoms with Crippen molar-refractivity contribution in [3.63, 3.8) is 0 Å². The van der Waals surface area contributed by atoms with Gasteiger partial charge in [0.05, 0.1) is 11.3 Å². The first-order chi connectivity index (χ1) is 12.5. The van der Waals surface area contributed by atoms with Gasteiger partial charge in [0.1, 0.15) is 5.75 Å². The lowest BCUT2D eigenvalue weighted by Gasteiger charge is -2.16. The molecule has 1 atom stereocenters. The standard InChI is InChI=1S/C21H26N2O3/c1-4-5-13-22-21(25)18-11-6-7-12-19(18)23-20(24)16(3)26-17-10-8-9-15(2)14-17/h6-12,14,16H,4-5,13H2,1-3H3,(H,22,25)(H,23,24)/t16-/m0/s1. The average Bonchev–Trinajstić information content (AvgIpc) is 2.62. The molecule has 0 radical (unpaired) electrons. The Morgan fingerprint density at radius 1 is 1.12 bits per heavy atom. The van der Waals surface area contributed by atoms with Crippen LogP contribution in [0.15, 0.2) is 48.5 Å². The Hall–Kier alpha value is -2.82. The zero-order chi connectivity index (χ0) is 18.9. The molecular formula is C21H26N2O3. The Kier molecular flexibility index (Phi) is 7.21. The van der Waals surface area contributed by atoms with Crippen molar-refractivity contribution in [2.75, 3.05) is 11.9 Å². The van der Waals surface area contributed by atoms with E-state index in [9.17, 15) is 9.59 Å². The van der Waals surface area contributed by atoms with Gasteiger partial charge in [-0.3, -0.25) is 9.59 Å². The maximum Gasteiger partial charge on any atom is 0.265 e. The summed E-state index contributed by atoms with van der Waals surface area (Å²) in [6.45, 7) is 6.33. The van der Waals surface area contributed by atoms with Gasteiger partial charge in [0.25, 0.3) is 11.8 Å². The zero-order valence-electron chi connectivity index (χ0n) is 15.5. The van der Waals surface area contributed by atoms with Gasteiger partial charge in [-0.05, 0) is 50.1 Å². The van der Waals surface area contributed by atoms with E-state index in [1.165, 1.54) is 0 Å². The topological polar surface area (TPSA) is 67.4 Å². The fourth-order valence-corrected chi connectivity index (χ4v) is 2.44. The molecule has 0 unspecified atom stereocenters. The van der Waals surface area contributed by atoms with Crippen LogP contribution in [0, 0.1) is 6.92 Å². The molecule has 5 nitrogen and oxygen atoms in total. The first-order valence-electron chi connectivity index (χ1n) is 8.92. The number of anilines is 1. The highest BCUT2D eigenvalue weighted by molar-refractivity contribution is 6.04. The van der Waals surface area contributed by atoms with Crippen LogP contribution in [-0.4, -0.2) is 24.5 Å². The van der Waals surface area contributed by atoms with Crippen LogP contribution >= 0.6 is 0 Å². The normalized spacial score (nSPS) is 11.5. The number of carbonyl (C=O) groups is 2. The monoisotopic (exact) mass is 354 g/mol. The van der Waals surface area contributed by atoms with E-state index in [2.05, 4.69) is 17.6 Å². The SMILES string of the molecule is CCCCNC(=O)c1ccccc1NC(=O)[C@H](C)Oc1cccc(C)c1. The van der Waals surface area contributed by atoms with Crippen LogP contribution in [0.4, 0.5) is 5.69 Å². The third-order valence-corrected chi connectivity index (χ3v) is 3.92. The molecule has 0 aromatic heterocycles. The lowest BCUT2D eigenvalue weighted by atomic mass is 10.1. The number of rotatable bonds is 8. The number of unbranched alkanes of at least 4 members (excludes halogenated alkanes) is 1. The van der Waals surface area contributed by atoms with Crippen molar-refractivity contribution in [2.24, 2.45) is 0 Å². The Labute approximate surface area is 154 Å². The van der Waals surface area contributed by atoms with Gasteiger partial charge < -0.3 is 15.4 Å². The highest BCUT2D eigenvalue weighted by atomic mass is 16.5. The molecule has 2 amide bonds. The lowest BCUT2D eigenvalue weighted by Crippen LogP contribution is -2.32. The molecule has 0 saturated heterocycles. The van der Waals surface area contributed by atoms with Crippen LogP contribution in [0.1, 0.15) is 42.6 Å². The van der Waals surface area contributed by atoms with Gasteiger partial charge in [-0.1, -0.05) is 37.6 Å². The predicted molar refractivity (Wildman–Crippen MR) is 104 cm³/mol. The first kappa shape index (κ1) is 19.5.